The van der Waals surface area contributed by atoms with Gasteiger partial charge in [-0.1, -0.05) is 0 Å². The van der Waals surface area contributed by atoms with Gasteiger partial charge in [-0.3, -0.25) is 22.9 Å². The van der Waals surface area contributed by atoms with E-state index in [-0.39, 0.29) is 17.9 Å². The standard InChI is InChI=1S/C18H18FN5O2/c1-5-22-16(25)14-15(21(4)18(22)26)20-17-23(10(2)11(3)24(14)17)13-8-6-12(19)7-9-13/h6-9H,5H2,1-4H3. The van der Waals surface area contributed by atoms with Crippen molar-refractivity contribution in [3.63, 3.8) is 0 Å². The van der Waals surface area contributed by atoms with E-state index in [2.05, 4.69) is 4.98 Å². The van der Waals surface area contributed by atoms with Crippen molar-refractivity contribution >= 4 is 16.9 Å². The molecule has 134 valence electrons. The SMILES string of the molecule is CCn1c(=O)c2c(nc3n(-c4ccc(F)cc4)c(C)c(C)n23)n(C)c1=O. The number of halogens is 1. The van der Waals surface area contributed by atoms with Crippen molar-refractivity contribution < 1.29 is 4.39 Å². The van der Waals surface area contributed by atoms with E-state index < -0.39 is 5.69 Å². The van der Waals surface area contributed by atoms with Crippen LogP contribution in [-0.4, -0.2) is 23.1 Å². The first-order valence-corrected chi connectivity index (χ1v) is 8.32. The van der Waals surface area contributed by atoms with Gasteiger partial charge in [0.05, 0.1) is 0 Å². The van der Waals surface area contributed by atoms with Crippen LogP contribution in [0.5, 0.6) is 0 Å². The van der Waals surface area contributed by atoms with Crippen LogP contribution in [0.15, 0.2) is 33.9 Å². The number of imidazole rings is 2. The van der Waals surface area contributed by atoms with Gasteiger partial charge in [0.15, 0.2) is 11.2 Å². The zero-order valence-corrected chi connectivity index (χ0v) is 14.9. The van der Waals surface area contributed by atoms with E-state index >= 15 is 0 Å². The highest BCUT2D eigenvalue weighted by Gasteiger charge is 2.22. The van der Waals surface area contributed by atoms with Gasteiger partial charge in [-0.15, -0.1) is 0 Å². The molecule has 0 atom stereocenters. The van der Waals surface area contributed by atoms with Gasteiger partial charge in [-0.2, -0.15) is 4.98 Å². The van der Waals surface area contributed by atoms with Crippen LogP contribution in [-0.2, 0) is 13.6 Å². The highest BCUT2D eigenvalue weighted by atomic mass is 19.1. The molecule has 0 spiro atoms. The van der Waals surface area contributed by atoms with Gasteiger partial charge >= 0.3 is 5.69 Å². The van der Waals surface area contributed by atoms with Crippen molar-refractivity contribution in [2.24, 2.45) is 7.05 Å². The molecule has 0 saturated heterocycles. The van der Waals surface area contributed by atoms with Gasteiger partial charge < -0.3 is 0 Å². The van der Waals surface area contributed by atoms with Crippen LogP contribution in [0.1, 0.15) is 18.3 Å². The number of benzene rings is 1. The zero-order chi connectivity index (χ0) is 18.7. The summed E-state index contributed by atoms with van der Waals surface area (Å²) in [6.07, 6.45) is 0. The number of aromatic nitrogens is 5. The molecule has 3 heterocycles. The Morgan fingerprint density at radius 1 is 1.08 bits per heavy atom. The third kappa shape index (κ3) is 1.95. The Hall–Kier alpha value is -3.16. The first-order valence-electron chi connectivity index (χ1n) is 8.32. The molecule has 0 radical (unpaired) electrons. The van der Waals surface area contributed by atoms with E-state index in [1.165, 1.54) is 21.3 Å². The average Bonchev–Trinajstić information content (AvgIpc) is 3.11. The Morgan fingerprint density at radius 2 is 1.73 bits per heavy atom. The molecule has 4 rings (SSSR count). The quantitative estimate of drug-likeness (QED) is 0.552. The Morgan fingerprint density at radius 3 is 2.35 bits per heavy atom. The second-order valence-electron chi connectivity index (χ2n) is 6.29. The average molecular weight is 355 g/mol. The molecule has 0 amide bonds. The Bertz CT molecular complexity index is 1290. The molecule has 0 unspecified atom stereocenters. The fourth-order valence-corrected chi connectivity index (χ4v) is 3.43. The summed E-state index contributed by atoms with van der Waals surface area (Å²) in [6.45, 7) is 5.85. The van der Waals surface area contributed by atoms with Crippen LogP contribution in [0.25, 0.3) is 22.6 Å². The molecule has 0 fully saturated rings. The van der Waals surface area contributed by atoms with E-state index in [1.54, 1.807) is 30.5 Å². The largest absolute Gasteiger partial charge is 0.332 e. The van der Waals surface area contributed by atoms with Crippen LogP contribution < -0.4 is 11.2 Å². The minimum atomic E-state index is -0.395. The molecule has 8 heteroatoms. The van der Waals surface area contributed by atoms with Gasteiger partial charge in [-0.05, 0) is 45.0 Å². The van der Waals surface area contributed by atoms with Crippen molar-refractivity contribution in [2.75, 3.05) is 0 Å². The summed E-state index contributed by atoms with van der Waals surface area (Å²) in [5, 5.41) is 0. The molecule has 0 bridgehead atoms. The summed E-state index contributed by atoms with van der Waals surface area (Å²) in [5.74, 6) is 0.190. The Kier molecular flexibility index (Phi) is 3.40. The van der Waals surface area contributed by atoms with Gasteiger partial charge in [0.1, 0.15) is 5.82 Å². The summed E-state index contributed by atoms with van der Waals surface area (Å²) < 4.78 is 19.5. The molecule has 0 aliphatic carbocycles. The minimum absolute atomic E-state index is 0.283. The van der Waals surface area contributed by atoms with Crippen molar-refractivity contribution in [3.05, 3.63) is 62.3 Å². The normalized spacial score (nSPS) is 11.7. The third-order valence-corrected chi connectivity index (χ3v) is 4.92. The second-order valence-corrected chi connectivity index (χ2v) is 6.29. The topological polar surface area (TPSA) is 66.2 Å². The lowest BCUT2D eigenvalue weighted by Gasteiger charge is -2.07. The molecule has 4 aromatic rings. The second kappa shape index (κ2) is 5.42. The fraction of sp³-hybridized carbons (Fsp3) is 0.278. The lowest BCUT2D eigenvalue weighted by molar-refractivity contribution is 0.627. The number of aryl methyl sites for hydroxylation is 2. The van der Waals surface area contributed by atoms with Crippen molar-refractivity contribution in [1.82, 2.24) is 23.1 Å². The number of hydrogen-bond donors (Lipinski definition) is 0. The molecular weight excluding hydrogens is 337 g/mol. The first-order chi connectivity index (χ1) is 12.4. The van der Waals surface area contributed by atoms with Crippen LogP contribution in [0.4, 0.5) is 4.39 Å². The van der Waals surface area contributed by atoms with Gasteiger partial charge in [0.2, 0.25) is 5.78 Å². The summed E-state index contributed by atoms with van der Waals surface area (Å²) in [7, 11) is 1.60. The third-order valence-electron chi connectivity index (χ3n) is 4.92. The minimum Gasteiger partial charge on any atom is -0.283 e. The summed E-state index contributed by atoms with van der Waals surface area (Å²) in [5.41, 5.74) is 2.40. The van der Waals surface area contributed by atoms with Crippen molar-refractivity contribution in [1.29, 1.82) is 0 Å². The van der Waals surface area contributed by atoms with E-state index in [4.69, 9.17) is 0 Å². The summed E-state index contributed by atoms with van der Waals surface area (Å²) >= 11 is 0. The van der Waals surface area contributed by atoms with Crippen LogP contribution >= 0.6 is 0 Å². The monoisotopic (exact) mass is 355 g/mol. The van der Waals surface area contributed by atoms with Crippen molar-refractivity contribution in [3.8, 4) is 5.69 Å². The number of nitrogens with zero attached hydrogens (tertiary/aromatic N) is 5. The number of fused-ring (bicyclic) bond motifs is 3. The molecule has 3 aromatic heterocycles. The highest BCUT2D eigenvalue weighted by Crippen LogP contribution is 2.24. The van der Waals surface area contributed by atoms with E-state index in [0.717, 1.165) is 17.1 Å². The lowest BCUT2D eigenvalue weighted by atomic mass is 10.3. The van der Waals surface area contributed by atoms with Crippen LogP contribution in [0, 0.1) is 19.7 Å². The number of hydrogen-bond acceptors (Lipinski definition) is 3. The Balaban J connectivity index is 2.23. The predicted octanol–water partition coefficient (Wildman–Crippen LogP) is 1.91. The summed E-state index contributed by atoms with van der Waals surface area (Å²) in [4.78, 5) is 29.9. The van der Waals surface area contributed by atoms with Crippen LogP contribution in [0.3, 0.4) is 0 Å². The van der Waals surface area contributed by atoms with Gasteiger partial charge in [0, 0.05) is 30.7 Å². The van der Waals surface area contributed by atoms with Gasteiger partial charge in [0.25, 0.3) is 5.56 Å². The van der Waals surface area contributed by atoms with Crippen molar-refractivity contribution in [2.45, 2.75) is 27.3 Å². The fourth-order valence-electron chi connectivity index (χ4n) is 3.43. The zero-order valence-electron chi connectivity index (χ0n) is 14.9. The predicted molar refractivity (Wildman–Crippen MR) is 96.6 cm³/mol. The molecule has 7 nitrogen and oxygen atoms in total. The smallest absolute Gasteiger partial charge is 0.283 e. The lowest BCUT2D eigenvalue weighted by Crippen LogP contribution is -2.38. The maximum Gasteiger partial charge on any atom is 0.332 e. The molecular formula is C18H18FN5O2. The van der Waals surface area contributed by atoms with Gasteiger partial charge in [-0.25, -0.2) is 9.18 Å². The van der Waals surface area contributed by atoms with E-state index in [1.807, 2.05) is 18.4 Å². The van der Waals surface area contributed by atoms with Crippen LogP contribution in [0.2, 0.25) is 0 Å². The maximum absolute atomic E-state index is 13.3. The van der Waals surface area contributed by atoms with E-state index in [0.29, 0.717) is 16.9 Å². The molecule has 0 aliphatic rings. The summed E-state index contributed by atoms with van der Waals surface area (Å²) in [6, 6.07) is 6.07. The first kappa shape index (κ1) is 16.3. The highest BCUT2D eigenvalue weighted by molar-refractivity contribution is 5.77. The number of rotatable bonds is 2. The molecule has 0 aliphatic heterocycles. The maximum atomic E-state index is 13.3. The van der Waals surface area contributed by atoms with E-state index in [9.17, 15) is 14.0 Å². The molecule has 1 aromatic carbocycles. The molecule has 0 N–H and O–H groups in total. The molecule has 0 saturated carbocycles. The molecule has 26 heavy (non-hydrogen) atoms. The Labute approximate surface area is 147 Å².